The van der Waals surface area contributed by atoms with Crippen LogP contribution in [0.2, 0.25) is 0 Å². The number of fused-ring (bicyclic) bond motifs is 1. The van der Waals surface area contributed by atoms with E-state index in [1.807, 2.05) is 42.6 Å². The fourth-order valence-corrected chi connectivity index (χ4v) is 3.77. The van der Waals surface area contributed by atoms with Crippen LogP contribution in [0.4, 0.5) is 5.69 Å². The number of hydrogen-bond donors (Lipinski definition) is 3. The van der Waals surface area contributed by atoms with Gasteiger partial charge in [-0.15, -0.1) is 0 Å². The summed E-state index contributed by atoms with van der Waals surface area (Å²) in [7, 11) is 0. The molecule has 4 rings (SSSR count). The van der Waals surface area contributed by atoms with Crippen molar-refractivity contribution in [3.63, 3.8) is 0 Å². The van der Waals surface area contributed by atoms with E-state index in [9.17, 15) is 9.59 Å². The lowest BCUT2D eigenvalue weighted by atomic mass is 10.0. The minimum Gasteiger partial charge on any atom is -0.489 e. The number of aromatic amines is 1. The molecule has 0 aliphatic rings. The van der Waals surface area contributed by atoms with Crippen LogP contribution in [0.5, 0.6) is 5.75 Å². The smallest absolute Gasteiger partial charge is 0.247 e. The topological polar surface area (TPSA) is 107 Å². The zero-order valence-electron chi connectivity index (χ0n) is 18.7. The third-order valence-corrected chi connectivity index (χ3v) is 5.36. The fourth-order valence-electron chi connectivity index (χ4n) is 3.77. The van der Waals surface area contributed by atoms with E-state index in [2.05, 4.69) is 21.7 Å². The van der Waals surface area contributed by atoms with Gasteiger partial charge in [-0.05, 0) is 41.5 Å². The highest BCUT2D eigenvalue weighted by atomic mass is 16.5. The Hall–Kier alpha value is -4.57. The summed E-state index contributed by atoms with van der Waals surface area (Å²) in [6, 6.07) is 23.5. The molecule has 0 bridgehead atoms. The van der Waals surface area contributed by atoms with Gasteiger partial charge in [0, 0.05) is 42.2 Å². The predicted octanol–water partition coefficient (Wildman–Crippen LogP) is 4.30. The monoisotopic (exact) mass is 452 g/mol. The van der Waals surface area contributed by atoms with Crippen LogP contribution in [-0.2, 0) is 22.6 Å². The van der Waals surface area contributed by atoms with Gasteiger partial charge in [0.25, 0.3) is 0 Å². The number of benzene rings is 3. The third kappa shape index (κ3) is 5.61. The van der Waals surface area contributed by atoms with Gasteiger partial charge in [0.15, 0.2) is 0 Å². The Balaban J connectivity index is 1.45. The van der Waals surface area contributed by atoms with Crippen molar-refractivity contribution in [2.75, 3.05) is 5.32 Å². The van der Waals surface area contributed by atoms with Crippen molar-refractivity contribution in [3.05, 3.63) is 95.7 Å². The highest BCUT2D eigenvalue weighted by Gasteiger charge is 2.21. The van der Waals surface area contributed by atoms with Crippen LogP contribution in [-0.4, -0.2) is 22.8 Å². The molecule has 0 radical (unpaired) electrons. The number of nitrogens with zero attached hydrogens (tertiary/aromatic N) is 1. The number of H-pyrrole nitrogens is 1. The second-order valence-corrected chi connectivity index (χ2v) is 7.93. The van der Waals surface area contributed by atoms with E-state index in [4.69, 9.17) is 10.00 Å². The summed E-state index contributed by atoms with van der Waals surface area (Å²) in [6.45, 7) is 1.69. The molecule has 0 aliphatic heterocycles. The maximum Gasteiger partial charge on any atom is 0.247 e. The Morgan fingerprint density at radius 3 is 2.71 bits per heavy atom. The van der Waals surface area contributed by atoms with Crippen molar-refractivity contribution in [1.29, 1.82) is 5.26 Å². The summed E-state index contributed by atoms with van der Waals surface area (Å²) in [5, 5.41) is 15.7. The van der Waals surface area contributed by atoms with Crippen LogP contribution in [0.25, 0.3) is 10.9 Å². The van der Waals surface area contributed by atoms with Gasteiger partial charge in [-0.3, -0.25) is 9.59 Å². The van der Waals surface area contributed by atoms with Crippen molar-refractivity contribution < 1.29 is 14.3 Å². The van der Waals surface area contributed by atoms with E-state index in [-0.39, 0.29) is 11.8 Å². The Morgan fingerprint density at radius 1 is 1.06 bits per heavy atom. The van der Waals surface area contributed by atoms with E-state index in [1.54, 1.807) is 36.4 Å². The number of ether oxygens (including phenoxy) is 1. The molecule has 1 heterocycles. The van der Waals surface area contributed by atoms with Crippen LogP contribution in [0.15, 0.2) is 79.0 Å². The normalized spacial score (nSPS) is 11.4. The highest BCUT2D eigenvalue weighted by molar-refractivity contribution is 5.97. The first-order valence-electron chi connectivity index (χ1n) is 10.9. The van der Waals surface area contributed by atoms with Crippen molar-refractivity contribution in [2.24, 2.45) is 0 Å². The molecule has 0 spiro atoms. The third-order valence-electron chi connectivity index (χ3n) is 5.36. The SMILES string of the molecule is CC(=O)N[C@@H](Cc1c[nH]c2ccccc12)C(=O)Nc1cccc(OCc2cccc(C#N)c2)c1. The molecule has 3 N–H and O–H groups in total. The number of anilines is 1. The largest absolute Gasteiger partial charge is 0.489 e. The number of nitriles is 1. The molecule has 0 unspecified atom stereocenters. The van der Waals surface area contributed by atoms with Crippen LogP contribution < -0.4 is 15.4 Å². The van der Waals surface area contributed by atoms with Crippen molar-refractivity contribution in [3.8, 4) is 11.8 Å². The van der Waals surface area contributed by atoms with E-state index >= 15 is 0 Å². The summed E-state index contributed by atoms with van der Waals surface area (Å²) < 4.78 is 5.84. The molecule has 1 atom stereocenters. The molecule has 2 amide bonds. The van der Waals surface area contributed by atoms with Gasteiger partial charge in [0.05, 0.1) is 11.6 Å². The predicted molar refractivity (Wildman–Crippen MR) is 130 cm³/mol. The number of aromatic nitrogens is 1. The molecule has 0 saturated carbocycles. The van der Waals surface area contributed by atoms with Crippen LogP contribution in [0.1, 0.15) is 23.6 Å². The van der Waals surface area contributed by atoms with Gasteiger partial charge in [-0.2, -0.15) is 5.26 Å². The number of carbonyl (C=O) groups excluding carboxylic acids is 2. The van der Waals surface area contributed by atoms with Gasteiger partial charge in [-0.25, -0.2) is 0 Å². The Labute approximate surface area is 197 Å². The number of carbonyl (C=O) groups is 2. The highest BCUT2D eigenvalue weighted by Crippen LogP contribution is 2.21. The molecule has 0 fully saturated rings. The number of hydrogen-bond acceptors (Lipinski definition) is 4. The summed E-state index contributed by atoms with van der Waals surface area (Å²) in [5.74, 6) is -0.0242. The standard InChI is InChI=1S/C27H24N4O3/c1-18(32)30-26(13-21-16-29-25-11-3-2-10-24(21)25)27(33)31-22-8-5-9-23(14-22)34-17-20-7-4-6-19(12-20)15-28/h2-12,14,16,26,29H,13,17H2,1H3,(H,30,32)(H,31,33)/t26-/m0/s1. The second kappa shape index (κ2) is 10.4. The summed E-state index contributed by atoms with van der Waals surface area (Å²) in [6.07, 6.45) is 2.21. The number of amides is 2. The molecule has 7 heteroatoms. The first kappa shape index (κ1) is 22.6. The Bertz CT molecular complexity index is 1370. The van der Waals surface area contributed by atoms with Crippen LogP contribution in [0.3, 0.4) is 0 Å². The molecule has 170 valence electrons. The zero-order valence-corrected chi connectivity index (χ0v) is 18.7. The maximum atomic E-state index is 13.1. The summed E-state index contributed by atoms with van der Waals surface area (Å²) in [4.78, 5) is 28.0. The average Bonchev–Trinajstić information content (AvgIpc) is 3.25. The molecule has 34 heavy (non-hydrogen) atoms. The van der Waals surface area contributed by atoms with Crippen molar-refractivity contribution in [2.45, 2.75) is 26.0 Å². The summed E-state index contributed by atoms with van der Waals surface area (Å²) in [5.41, 5.74) is 3.92. The maximum absolute atomic E-state index is 13.1. The average molecular weight is 453 g/mol. The van der Waals surface area contributed by atoms with Gasteiger partial charge in [-0.1, -0.05) is 36.4 Å². The van der Waals surface area contributed by atoms with E-state index < -0.39 is 6.04 Å². The van der Waals surface area contributed by atoms with E-state index in [0.29, 0.717) is 30.0 Å². The number of para-hydroxylation sites is 1. The fraction of sp³-hybridized carbons (Fsp3) is 0.148. The van der Waals surface area contributed by atoms with Crippen LogP contribution in [0, 0.1) is 11.3 Å². The number of rotatable bonds is 8. The molecular weight excluding hydrogens is 428 g/mol. The number of nitrogens with one attached hydrogen (secondary N) is 3. The lowest BCUT2D eigenvalue weighted by molar-refractivity contribution is -0.125. The molecule has 7 nitrogen and oxygen atoms in total. The molecule has 0 saturated heterocycles. The first-order chi connectivity index (χ1) is 16.5. The van der Waals surface area contributed by atoms with Crippen molar-refractivity contribution >= 4 is 28.4 Å². The van der Waals surface area contributed by atoms with Gasteiger partial charge < -0.3 is 20.4 Å². The van der Waals surface area contributed by atoms with Crippen LogP contribution >= 0.6 is 0 Å². The van der Waals surface area contributed by atoms with Gasteiger partial charge in [0.2, 0.25) is 11.8 Å². The Morgan fingerprint density at radius 2 is 1.88 bits per heavy atom. The van der Waals surface area contributed by atoms with Gasteiger partial charge in [0.1, 0.15) is 18.4 Å². The summed E-state index contributed by atoms with van der Waals surface area (Å²) >= 11 is 0. The molecular formula is C27H24N4O3. The first-order valence-corrected chi connectivity index (χ1v) is 10.9. The van der Waals surface area contributed by atoms with Crippen molar-refractivity contribution in [1.82, 2.24) is 10.3 Å². The van der Waals surface area contributed by atoms with E-state index in [0.717, 1.165) is 22.0 Å². The van der Waals surface area contributed by atoms with E-state index in [1.165, 1.54) is 6.92 Å². The second-order valence-electron chi connectivity index (χ2n) is 7.93. The molecule has 0 aliphatic carbocycles. The lowest BCUT2D eigenvalue weighted by Crippen LogP contribution is -2.44. The van der Waals surface area contributed by atoms with Gasteiger partial charge >= 0.3 is 0 Å². The molecule has 3 aromatic carbocycles. The zero-order chi connectivity index (χ0) is 23.9. The quantitative estimate of drug-likeness (QED) is 0.370. The Kier molecular flexibility index (Phi) is 6.89. The minimum absolute atomic E-state index is 0.281. The lowest BCUT2D eigenvalue weighted by Gasteiger charge is -2.18. The molecule has 4 aromatic rings. The minimum atomic E-state index is -0.741. The molecule has 1 aromatic heterocycles.